The van der Waals surface area contributed by atoms with Crippen LogP contribution >= 0.6 is 0 Å². The van der Waals surface area contributed by atoms with Gasteiger partial charge in [-0.15, -0.1) is 0 Å². The van der Waals surface area contributed by atoms with Gasteiger partial charge < -0.3 is 15.2 Å². The number of hydrogen-bond donors (Lipinski definition) is 2. The molecule has 0 bridgehead atoms. The van der Waals surface area contributed by atoms with E-state index in [4.69, 9.17) is 4.98 Å². The highest BCUT2D eigenvalue weighted by molar-refractivity contribution is 5.88. The number of H-pyrrole nitrogens is 1. The molecule has 0 atom stereocenters. The van der Waals surface area contributed by atoms with Crippen LogP contribution in [-0.2, 0) is 5.41 Å². The van der Waals surface area contributed by atoms with E-state index in [9.17, 15) is 0 Å². The van der Waals surface area contributed by atoms with E-state index in [2.05, 4.69) is 65.2 Å². The Balaban J connectivity index is 1.71. The number of anilines is 1. The van der Waals surface area contributed by atoms with Crippen LogP contribution in [0.5, 0.6) is 0 Å². The largest absolute Gasteiger partial charge is 0.352 e. The second kappa shape index (κ2) is 6.15. The van der Waals surface area contributed by atoms with E-state index >= 15 is 0 Å². The van der Waals surface area contributed by atoms with Crippen molar-refractivity contribution < 1.29 is 0 Å². The summed E-state index contributed by atoms with van der Waals surface area (Å²) in [4.78, 5) is 15.2. The zero-order valence-corrected chi connectivity index (χ0v) is 15.1. The second-order valence-corrected chi connectivity index (χ2v) is 7.68. The first kappa shape index (κ1) is 16.1. The number of piperazine rings is 1. The van der Waals surface area contributed by atoms with Gasteiger partial charge in [-0.25, -0.2) is 9.97 Å². The predicted octanol–water partition coefficient (Wildman–Crippen LogP) is 3.33. The van der Waals surface area contributed by atoms with Gasteiger partial charge in [-0.2, -0.15) is 0 Å². The van der Waals surface area contributed by atoms with Gasteiger partial charge >= 0.3 is 0 Å². The molecule has 2 N–H and O–H groups in total. The molecular weight excluding hydrogens is 310 g/mol. The molecule has 5 nitrogen and oxygen atoms in total. The number of aromatic nitrogens is 3. The van der Waals surface area contributed by atoms with Gasteiger partial charge in [0.25, 0.3) is 0 Å². The summed E-state index contributed by atoms with van der Waals surface area (Å²) in [7, 11) is 0. The fourth-order valence-electron chi connectivity index (χ4n) is 3.29. The Hall–Kier alpha value is -2.40. The monoisotopic (exact) mass is 335 g/mol. The van der Waals surface area contributed by atoms with E-state index in [0.29, 0.717) is 0 Å². The summed E-state index contributed by atoms with van der Waals surface area (Å²) in [5.41, 5.74) is 4.59. The molecule has 3 heterocycles. The molecule has 1 aromatic carbocycles. The smallest absolute Gasteiger partial charge is 0.156 e. The third-order valence-corrected chi connectivity index (χ3v) is 4.82. The van der Waals surface area contributed by atoms with Crippen LogP contribution in [0.25, 0.3) is 22.4 Å². The first-order valence-electron chi connectivity index (χ1n) is 8.94. The van der Waals surface area contributed by atoms with Gasteiger partial charge in [0.2, 0.25) is 0 Å². The summed E-state index contributed by atoms with van der Waals surface area (Å²) in [5.74, 6) is 1.88. The number of hydrogen-bond acceptors (Lipinski definition) is 4. The lowest BCUT2D eigenvalue weighted by Gasteiger charge is -2.28. The maximum absolute atomic E-state index is 4.87. The average molecular weight is 335 g/mol. The van der Waals surface area contributed by atoms with E-state index in [0.717, 1.165) is 54.4 Å². The van der Waals surface area contributed by atoms with Crippen molar-refractivity contribution in [2.24, 2.45) is 0 Å². The Morgan fingerprint density at radius 3 is 2.40 bits per heavy atom. The second-order valence-electron chi connectivity index (χ2n) is 7.68. The first-order chi connectivity index (χ1) is 12.0. The molecule has 0 unspecified atom stereocenters. The number of imidazole rings is 1. The average Bonchev–Trinajstić information content (AvgIpc) is 3.06. The van der Waals surface area contributed by atoms with Crippen LogP contribution in [-0.4, -0.2) is 41.1 Å². The molecule has 2 aromatic heterocycles. The topological polar surface area (TPSA) is 56.8 Å². The summed E-state index contributed by atoms with van der Waals surface area (Å²) in [5, 5.41) is 3.38. The normalized spacial score (nSPS) is 15.7. The lowest BCUT2D eigenvalue weighted by atomic mass is 9.87. The molecule has 130 valence electrons. The summed E-state index contributed by atoms with van der Waals surface area (Å²) < 4.78 is 0. The van der Waals surface area contributed by atoms with Crippen molar-refractivity contribution >= 4 is 16.9 Å². The van der Waals surface area contributed by atoms with Crippen LogP contribution < -0.4 is 10.2 Å². The molecule has 0 spiro atoms. The van der Waals surface area contributed by atoms with Gasteiger partial charge in [-0.1, -0.05) is 45.0 Å². The molecular formula is C20H25N5. The molecule has 0 amide bonds. The van der Waals surface area contributed by atoms with Crippen molar-refractivity contribution in [1.29, 1.82) is 0 Å². The zero-order valence-electron chi connectivity index (χ0n) is 15.1. The Labute approximate surface area is 148 Å². The summed E-state index contributed by atoms with van der Waals surface area (Å²) in [6.45, 7) is 10.6. The van der Waals surface area contributed by atoms with Gasteiger partial charge in [0.05, 0.1) is 5.52 Å². The minimum atomic E-state index is 0.159. The summed E-state index contributed by atoms with van der Waals surface area (Å²) in [6, 6.07) is 10.7. The van der Waals surface area contributed by atoms with Crippen molar-refractivity contribution in [3.05, 3.63) is 42.1 Å². The Morgan fingerprint density at radius 1 is 1.00 bits per heavy atom. The number of nitrogens with one attached hydrogen (secondary N) is 2. The number of fused-ring (bicyclic) bond motifs is 1. The molecule has 1 fully saturated rings. The zero-order chi connectivity index (χ0) is 17.4. The first-order valence-corrected chi connectivity index (χ1v) is 8.94. The van der Waals surface area contributed by atoms with E-state index in [1.165, 1.54) is 5.56 Å². The molecule has 1 aliphatic rings. The Bertz CT molecular complexity index is 867. The van der Waals surface area contributed by atoms with Crippen molar-refractivity contribution in [3.8, 4) is 11.4 Å². The van der Waals surface area contributed by atoms with E-state index < -0.39 is 0 Å². The van der Waals surface area contributed by atoms with Crippen LogP contribution in [0.1, 0.15) is 26.3 Å². The van der Waals surface area contributed by atoms with Gasteiger partial charge in [0, 0.05) is 37.9 Å². The fraction of sp³-hybridized carbons (Fsp3) is 0.400. The van der Waals surface area contributed by atoms with Gasteiger partial charge in [-0.05, 0) is 17.0 Å². The third kappa shape index (κ3) is 3.12. The Kier molecular flexibility index (Phi) is 3.96. The van der Waals surface area contributed by atoms with E-state index in [1.54, 1.807) is 0 Å². The van der Waals surface area contributed by atoms with Crippen LogP contribution in [0.15, 0.2) is 36.5 Å². The molecule has 0 aliphatic carbocycles. The van der Waals surface area contributed by atoms with E-state index in [-0.39, 0.29) is 5.41 Å². The molecule has 1 saturated heterocycles. The van der Waals surface area contributed by atoms with Crippen molar-refractivity contribution in [2.45, 2.75) is 26.2 Å². The lowest BCUT2D eigenvalue weighted by Crippen LogP contribution is -2.44. The molecule has 0 radical (unpaired) electrons. The predicted molar refractivity (Wildman–Crippen MR) is 103 cm³/mol. The SMILES string of the molecule is CC(C)(C)c1ccc(-c2nc3c(N4CCNCC4)nccc3[nH]2)cc1. The minimum Gasteiger partial charge on any atom is -0.352 e. The van der Waals surface area contributed by atoms with E-state index in [1.807, 2.05) is 12.3 Å². The fourth-order valence-corrected chi connectivity index (χ4v) is 3.29. The summed E-state index contributed by atoms with van der Waals surface area (Å²) >= 11 is 0. The highest BCUT2D eigenvalue weighted by Crippen LogP contribution is 2.28. The standard InChI is InChI=1S/C20H25N5/c1-20(2,3)15-6-4-14(5-7-15)18-23-16-8-9-22-19(17(16)24-18)25-12-10-21-11-13-25/h4-9,21H,10-13H2,1-3H3,(H,23,24). The molecule has 4 rings (SSSR count). The minimum absolute atomic E-state index is 0.159. The van der Waals surface area contributed by atoms with Gasteiger partial charge in [-0.3, -0.25) is 0 Å². The van der Waals surface area contributed by atoms with Gasteiger partial charge in [0.15, 0.2) is 5.82 Å². The van der Waals surface area contributed by atoms with Gasteiger partial charge in [0.1, 0.15) is 11.3 Å². The maximum atomic E-state index is 4.87. The van der Waals surface area contributed by atoms with Crippen molar-refractivity contribution in [3.63, 3.8) is 0 Å². The van der Waals surface area contributed by atoms with Crippen molar-refractivity contribution in [1.82, 2.24) is 20.3 Å². The van der Waals surface area contributed by atoms with Crippen LogP contribution in [0.2, 0.25) is 0 Å². The van der Waals surface area contributed by atoms with Crippen LogP contribution in [0, 0.1) is 0 Å². The molecule has 1 aliphatic heterocycles. The molecule has 25 heavy (non-hydrogen) atoms. The third-order valence-electron chi connectivity index (χ3n) is 4.82. The van der Waals surface area contributed by atoms with Crippen LogP contribution in [0.3, 0.4) is 0 Å². The Morgan fingerprint density at radius 2 is 1.72 bits per heavy atom. The quantitative estimate of drug-likeness (QED) is 0.754. The maximum Gasteiger partial charge on any atom is 0.156 e. The van der Waals surface area contributed by atoms with Crippen LogP contribution in [0.4, 0.5) is 5.82 Å². The number of nitrogens with zero attached hydrogens (tertiary/aromatic N) is 3. The van der Waals surface area contributed by atoms with Crippen molar-refractivity contribution in [2.75, 3.05) is 31.1 Å². The number of aromatic amines is 1. The lowest BCUT2D eigenvalue weighted by molar-refractivity contribution is 0.586. The summed E-state index contributed by atoms with van der Waals surface area (Å²) in [6.07, 6.45) is 1.87. The highest BCUT2D eigenvalue weighted by atomic mass is 15.2. The molecule has 3 aromatic rings. The molecule has 5 heteroatoms. The number of pyridine rings is 1. The number of rotatable bonds is 2. The number of benzene rings is 1. The molecule has 0 saturated carbocycles. The highest BCUT2D eigenvalue weighted by Gasteiger charge is 2.18.